The van der Waals surface area contributed by atoms with Crippen molar-refractivity contribution in [1.29, 1.82) is 0 Å². The van der Waals surface area contributed by atoms with Crippen molar-refractivity contribution in [2.24, 2.45) is 0 Å². The van der Waals surface area contributed by atoms with E-state index in [0.717, 1.165) is 0 Å². The molecule has 1 rings (SSSR count). The molecule has 0 aliphatic carbocycles. The van der Waals surface area contributed by atoms with Crippen molar-refractivity contribution in [2.45, 2.75) is 0 Å². The summed E-state index contributed by atoms with van der Waals surface area (Å²) in [6, 6.07) is 2.64. The molecule has 0 atom stereocenters. The fourth-order valence-electron chi connectivity index (χ4n) is 1.05. The van der Waals surface area contributed by atoms with Crippen LogP contribution >= 0.6 is 0 Å². The molecule has 3 N–H and O–H groups in total. The predicted octanol–water partition coefficient (Wildman–Crippen LogP) is -0.794. The van der Waals surface area contributed by atoms with Gasteiger partial charge in [0.1, 0.15) is 6.61 Å². The summed E-state index contributed by atoms with van der Waals surface area (Å²) in [5, 5.41) is 10.8. The molecule has 0 saturated carbocycles. The Kier molecular flexibility index (Phi) is 4.89. The van der Waals surface area contributed by atoms with E-state index >= 15 is 0 Å². The molecule has 0 fully saturated rings. The van der Waals surface area contributed by atoms with Crippen LogP contribution in [0.1, 0.15) is 10.4 Å². The molecule has 0 saturated heterocycles. The number of H-pyrrole nitrogens is 1. The minimum atomic E-state index is -1.06. The number of aromatic nitrogens is 1. The largest absolute Gasteiger partial charge is 0.480 e. The third-order valence-electron chi connectivity index (χ3n) is 1.80. The van der Waals surface area contributed by atoms with Gasteiger partial charge in [-0.05, 0) is 6.07 Å². The van der Waals surface area contributed by atoms with E-state index in [1.54, 1.807) is 0 Å². The van der Waals surface area contributed by atoms with Gasteiger partial charge in [-0.15, -0.1) is 0 Å². The van der Waals surface area contributed by atoms with Crippen LogP contribution in [0, 0.1) is 0 Å². The third-order valence-corrected chi connectivity index (χ3v) is 1.80. The van der Waals surface area contributed by atoms with Gasteiger partial charge in [-0.25, -0.2) is 4.79 Å². The van der Waals surface area contributed by atoms with E-state index < -0.39 is 12.6 Å². The molecular formula is C10H12N2O5. The van der Waals surface area contributed by atoms with Crippen molar-refractivity contribution in [3.05, 3.63) is 34.2 Å². The van der Waals surface area contributed by atoms with Crippen molar-refractivity contribution in [3.63, 3.8) is 0 Å². The van der Waals surface area contributed by atoms with Crippen molar-refractivity contribution >= 4 is 11.9 Å². The number of rotatable bonds is 6. The number of nitrogens with one attached hydrogen (secondary N) is 2. The van der Waals surface area contributed by atoms with Gasteiger partial charge in [0, 0.05) is 18.8 Å². The fraction of sp³-hybridized carbons (Fsp3) is 0.300. The Morgan fingerprint density at radius 3 is 2.76 bits per heavy atom. The number of hydrogen-bond donors (Lipinski definition) is 3. The van der Waals surface area contributed by atoms with Crippen LogP contribution in [0.2, 0.25) is 0 Å². The van der Waals surface area contributed by atoms with Gasteiger partial charge >= 0.3 is 5.97 Å². The number of carbonyl (C=O) groups is 2. The fourth-order valence-corrected chi connectivity index (χ4v) is 1.05. The van der Waals surface area contributed by atoms with Crippen LogP contribution < -0.4 is 10.9 Å². The first-order valence-corrected chi connectivity index (χ1v) is 4.86. The van der Waals surface area contributed by atoms with E-state index in [2.05, 4.69) is 10.3 Å². The normalized spacial score (nSPS) is 9.88. The summed E-state index contributed by atoms with van der Waals surface area (Å²) in [7, 11) is 0. The van der Waals surface area contributed by atoms with Gasteiger partial charge in [-0.3, -0.25) is 9.59 Å². The maximum atomic E-state index is 11.4. The number of ether oxygens (including phenoxy) is 1. The molecular weight excluding hydrogens is 228 g/mol. The SMILES string of the molecule is O=C(O)COCCNC(=O)c1ccc(=O)[nH]c1. The Hall–Kier alpha value is -2.15. The molecule has 0 bridgehead atoms. The molecule has 7 heteroatoms. The molecule has 92 valence electrons. The summed E-state index contributed by atoms with van der Waals surface area (Å²) in [4.78, 5) is 34.7. The number of carboxylic acids is 1. The highest BCUT2D eigenvalue weighted by molar-refractivity contribution is 5.93. The third kappa shape index (κ3) is 4.94. The summed E-state index contributed by atoms with van der Waals surface area (Å²) in [5.74, 6) is -1.42. The maximum Gasteiger partial charge on any atom is 0.329 e. The van der Waals surface area contributed by atoms with Gasteiger partial charge in [0.25, 0.3) is 5.91 Å². The van der Waals surface area contributed by atoms with Gasteiger partial charge in [0.05, 0.1) is 12.2 Å². The minimum Gasteiger partial charge on any atom is -0.480 e. The van der Waals surface area contributed by atoms with E-state index in [1.807, 2.05) is 0 Å². The van der Waals surface area contributed by atoms with Gasteiger partial charge in [0.2, 0.25) is 5.56 Å². The number of hydrogen-bond acceptors (Lipinski definition) is 4. The summed E-state index contributed by atoms with van der Waals surface area (Å²) >= 11 is 0. The number of carboxylic acid groups (broad SMARTS) is 1. The Bertz CT molecular complexity index is 434. The monoisotopic (exact) mass is 240 g/mol. The lowest BCUT2D eigenvalue weighted by molar-refractivity contribution is -0.142. The number of pyridine rings is 1. The highest BCUT2D eigenvalue weighted by Crippen LogP contribution is 1.92. The zero-order chi connectivity index (χ0) is 12.7. The highest BCUT2D eigenvalue weighted by atomic mass is 16.5. The second-order valence-electron chi connectivity index (χ2n) is 3.14. The van der Waals surface area contributed by atoms with Crippen LogP contribution in [0.5, 0.6) is 0 Å². The number of amides is 1. The van der Waals surface area contributed by atoms with E-state index in [-0.39, 0.29) is 24.6 Å². The van der Waals surface area contributed by atoms with Crippen LogP contribution in [0.4, 0.5) is 0 Å². The van der Waals surface area contributed by atoms with Crippen molar-refractivity contribution < 1.29 is 19.4 Å². The standard InChI is InChI=1S/C10H12N2O5/c13-8-2-1-7(5-12-8)10(16)11-3-4-17-6-9(14)15/h1-2,5H,3-4,6H2,(H,11,16)(H,12,13)(H,14,15). The Morgan fingerprint density at radius 1 is 1.41 bits per heavy atom. The minimum absolute atomic E-state index is 0.112. The van der Waals surface area contributed by atoms with Gasteiger partial charge in [-0.2, -0.15) is 0 Å². The summed E-state index contributed by atoms with van der Waals surface area (Å²) in [6.45, 7) is -0.0822. The highest BCUT2D eigenvalue weighted by Gasteiger charge is 2.04. The van der Waals surface area contributed by atoms with E-state index in [4.69, 9.17) is 9.84 Å². The second kappa shape index (κ2) is 6.44. The summed E-state index contributed by atoms with van der Waals surface area (Å²) in [5.41, 5.74) is 0.0363. The molecule has 0 spiro atoms. The van der Waals surface area contributed by atoms with E-state index in [9.17, 15) is 14.4 Å². The first-order valence-electron chi connectivity index (χ1n) is 4.86. The molecule has 1 heterocycles. The molecule has 1 amide bonds. The second-order valence-corrected chi connectivity index (χ2v) is 3.14. The van der Waals surface area contributed by atoms with Crippen molar-refractivity contribution in [2.75, 3.05) is 19.8 Å². The Labute approximate surface area is 96.4 Å². The number of aromatic amines is 1. The van der Waals surface area contributed by atoms with Crippen LogP contribution in [0.3, 0.4) is 0 Å². The molecule has 17 heavy (non-hydrogen) atoms. The van der Waals surface area contributed by atoms with Crippen molar-refractivity contribution in [3.8, 4) is 0 Å². The lowest BCUT2D eigenvalue weighted by atomic mass is 10.3. The summed E-state index contributed by atoms with van der Waals surface area (Å²) < 4.78 is 4.73. The Morgan fingerprint density at radius 2 is 2.18 bits per heavy atom. The van der Waals surface area contributed by atoms with E-state index in [1.165, 1.54) is 18.3 Å². The van der Waals surface area contributed by atoms with E-state index in [0.29, 0.717) is 5.56 Å². The zero-order valence-electron chi connectivity index (χ0n) is 8.93. The topological polar surface area (TPSA) is 108 Å². The molecule has 1 aromatic heterocycles. The lowest BCUT2D eigenvalue weighted by Crippen LogP contribution is -2.28. The summed E-state index contributed by atoms with van der Waals surface area (Å²) in [6.07, 6.45) is 1.30. The molecule has 0 aliphatic rings. The van der Waals surface area contributed by atoms with Gasteiger partial charge in [-0.1, -0.05) is 0 Å². The average Bonchev–Trinajstić information content (AvgIpc) is 2.29. The van der Waals surface area contributed by atoms with Gasteiger partial charge < -0.3 is 20.1 Å². The molecule has 0 radical (unpaired) electrons. The van der Waals surface area contributed by atoms with Crippen molar-refractivity contribution in [1.82, 2.24) is 10.3 Å². The molecule has 1 aromatic rings. The van der Waals surface area contributed by atoms with Crippen LogP contribution in [0.25, 0.3) is 0 Å². The van der Waals surface area contributed by atoms with Crippen LogP contribution in [0.15, 0.2) is 23.1 Å². The first-order chi connectivity index (χ1) is 8.09. The zero-order valence-corrected chi connectivity index (χ0v) is 8.93. The van der Waals surface area contributed by atoms with Crippen LogP contribution in [-0.2, 0) is 9.53 Å². The molecule has 7 nitrogen and oxygen atoms in total. The number of aliphatic carboxylic acids is 1. The average molecular weight is 240 g/mol. The maximum absolute atomic E-state index is 11.4. The van der Waals surface area contributed by atoms with Gasteiger partial charge in [0.15, 0.2) is 0 Å². The molecule has 0 aliphatic heterocycles. The first kappa shape index (κ1) is 12.9. The number of carbonyl (C=O) groups excluding carboxylic acids is 1. The molecule has 0 aromatic carbocycles. The molecule has 0 unspecified atom stereocenters. The quantitative estimate of drug-likeness (QED) is 0.564. The smallest absolute Gasteiger partial charge is 0.329 e. The lowest BCUT2D eigenvalue weighted by Gasteiger charge is -2.04. The van der Waals surface area contributed by atoms with Crippen LogP contribution in [-0.4, -0.2) is 41.7 Å². The Balaban J connectivity index is 2.28. The predicted molar refractivity (Wildman–Crippen MR) is 57.9 cm³/mol.